The van der Waals surface area contributed by atoms with Gasteiger partial charge in [-0.15, -0.1) is 0 Å². The number of aliphatic hydroxyl groups excluding tert-OH is 1. The van der Waals surface area contributed by atoms with Gasteiger partial charge in [-0.2, -0.15) is 4.31 Å². The molecule has 1 aliphatic carbocycles. The molecule has 158 valence electrons. The van der Waals surface area contributed by atoms with E-state index in [1.54, 1.807) is 26.2 Å². The quantitative estimate of drug-likeness (QED) is 0.645. The van der Waals surface area contributed by atoms with E-state index in [1.165, 1.54) is 21.3 Å². The summed E-state index contributed by atoms with van der Waals surface area (Å²) >= 11 is 5.84. The fourth-order valence-corrected chi connectivity index (χ4v) is 4.86. The molecule has 1 aliphatic rings. The SMILES string of the molecule is CN(CCO)C(=O)CCOC1CCC(N(C)S(=O)(=O)c2ccc(Cl)cc2)CC1. The lowest BCUT2D eigenvalue weighted by atomic mass is 9.93. The van der Waals surface area contributed by atoms with Gasteiger partial charge in [0.2, 0.25) is 15.9 Å². The van der Waals surface area contributed by atoms with Crippen LogP contribution in [0.2, 0.25) is 5.02 Å². The van der Waals surface area contributed by atoms with E-state index in [0.29, 0.717) is 31.0 Å². The molecule has 0 heterocycles. The van der Waals surface area contributed by atoms with Gasteiger partial charge >= 0.3 is 0 Å². The van der Waals surface area contributed by atoms with Gasteiger partial charge in [-0.1, -0.05) is 11.6 Å². The zero-order valence-electron chi connectivity index (χ0n) is 16.4. The van der Waals surface area contributed by atoms with Gasteiger partial charge in [-0.05, 0) is 49.9 Å². The molecule has 9 heteroatoms. The first kappa shape index (κ1) is 23.1. The molecule has 0 unspecified atom stereocenters. The summed E-state index contributed by atoms with van der Waals surface area (Å²) in [6.07, 6.45) is 3.26. The number of rotatable bonds is 9. The first-order valence-corrected chi connectivity index (χ1v) is 11.3. The van der Waals surface area contributed by atoms with Gasteiger partial charge in [0.25, 0.3) is 0 Å². The molecule has 2 rings (SSSR count). The highest BCUT2D eigenvalue weighted by molar-refractivity contribution is 7.89. The number of sulfonamides is 1. The first-order valence-electron chi connectivity index (χ1n) is 9.45. The highest BCUT2D eigenvalue weighted by atomic mass is 35.5. The number of amides is 1. The highest BCUT2D eigenvalue weighted by Gasteiger charge is 2.31. The minimum Gasteiger partial charge on any atom is -0.395 e. The monoisotopic (exact) mass is 432 g/mol. The van der Waals surface area contributed by atoms with Crippen molar-refractivity contribution in [1.29, 1.82) is 0 Å². The van der Waals surface area contributed by atoms with Crippen molar-refractivity contribution in [2.24, 2.45) is 0 Å². The summed E-state index contributed by atoms with van der Waals surface area (Å²) in [5.41, 5.74) is 0. The van der Waals surface area contributed by atoms with E-state index in [4.69, 9.17) is 21.4 Å². The Morgan fingerprint density at radius 3 is 2.36 bits per heavy atom. The van der Waals surface area contributed by atoms with E-state index in [2.05, 4.69) is 0 Å². The number of halogens is 1. The van der Waals surface area contributed by atoms with Crippen molar-refractivity contribution < 1.29 is 23.1 Å². The number of carbonyl (C=O) groups excluding carboxylic acids is 1. The number of hydrogen-bond acceptors (Lipinski definition) is 5. The van der Waals surface area contributed by atoms with Gasteiger partial charge in [0.15, 0.2) is 0 Å². The second kappa shape index (κ2) is 10.5. The van der Waals surface area contributed by atoms with Gasteiger partial charge < -0.3 is 14.7 Å². The number of likely N-dealkylation sites (N-methyl/N-ethyl adjacent to an activating group) is 1. The van der Waals surface area contributed by atoms with Crippen LogP contribution in [0.3, 0.4) is 0 Å². The van der Waals surface area contributed by atoms with E-state index in [9.17, 15) is 13.2 Å². The summed E-state index contributed by atoms with van der Waals surface area (Å²) in [4.78, 5) is 13.6. The van der Waals surface area contributed by atoms with Gasteiger partial charge in [0.05, 0.1) is 30.6 Å². The minimum absolute atomic E-state index is 0.0406. The molecule has 0 aromatic heterocycles. The standard InChI is InChI=1S/C19H29ClN2O5S/c1-21(12-13-23)19(24)11-14-27-17-7-5-16(6-8-17)22(2)28(25,26)18-9-3-15(20)4-10-18/h3-4,9-10,16-17,23H,5-8,11-14H2,1-2H3. The van der Waals surface area contributed by atoms with Crippen LogP contribution < -0.4 is 0 Å². The number of carbonyl (C=O) groups is 1. The maximum Gasteiger partial charge on any atom is 0.243 e. The Bertz CT molecular complexity index is 733. The molecule has 0 radical (unpaired) electrons. The largest absolute Gasteiger partial charge is 0.395 e. The third-order valence-corrected chi connectivity index (χ3v) is 7.36. The lowest BCUT2D eigenvalue weighted by Crippen LogP contribution is -2.40. The molecule has 1 fully saturated rings. The van der Waals surface area contributed by atoms with Crippen LogP contribution in [0.4, 0.5) is 0 Å². The lowest BCUT2D eigenvalue weighted by molar-refractivity contribution is -0.132. The molecular weight excluding hydrogens is 404 g/mol. The molecule has 1 aromatic carbocycles. The predicted molar refractivity (Wildman–Crippen MR) is 108 cm³/mol. The molecule has 0 atom stereocenters. The van der Waals surface area contributed by atoms with E-state index in [1.807, 2.05) is 0 Å². The van der Waals surface area contributed by atoms with Crippen molar-refractivity contribution in [3.8, 4) is 0 Å². The predicted octanol–water partition coefficient (Wildman–Crippen LogP) is 2.13. The first-order chi connectivity index (χ1) is 13.3. The Labute approximate surface area is 172 Å². The smallest absolute Gasteiger partial charge is 0.243 e. The average molecular weight is 433 g/mol. The van der Waals surface area contributed by atoms with Crippen LogP contribution in [0.15, 0.2) is 29.2 Å². The van der Waals surface area contributed by atoms with E-state index in [-0.39, 0.29) is 36.0 Å². The van der Waals surface area contributed by atoms with Gasteiger partial charge in [-0.25, -0.2) is 8.42 Å². The Hall–Kier alpha value is -1.19. The zero-order valence-corrected chi connectivity index (χ0v) is 18.0. The summed E-state index contributed by atoms with van der Waals surface area (Å²) in [7, 11) is -0.283. The van der Waals surface area contributed by atoms with Crippen LogP contribution in [-0.2, 0) is 19.6 Å². The fraction of sp³-hybridized carbons (Fsp3) is 0.632. The van der Waals surface area contributed by atoms with Crippen molar-refractivity contribution in [3.05, 3.63) is 29.3 Å². The van der Waals surface area contributed by atoms with Crippen molar-refractivity contribution in [1.82, 2.24) is 9.21 Å². The van der Waals surface area contributed by atoms with Crippen molar-refractivity contribution >= 4 is 27.5 Å². The Morgan fingerprint density at radius 1 is 1.18 bits per heavy atom. The van der Waals surface area contributed by atoms with Crippen LogP contribution in [0.25, 0.3) is 0 Å². The van der Waals surface area contributed by atoms with Gasteiger partial charge in [-0.3, -0.25) is 4.79 Å². The Kier molecular flexibility index (Phi) is 8.70. The summed E-state index contributed by atoms with van der Waals surface area (Å²) in [6, 6.07) is 6.12. The van der Waals surface area contributed by atoms with E-state index in [0.717, 1.165) is 12.8 Å². The number of aliphatic hydroxyl groups is 1. The zero-order chi connectivity index (χ0) is 20.7. The summed E-state index contributed by atoms with van der Waals surface area (Å²) in [5, 5.41) is 9.35. The summed E-state index contributed by atoms with van der Waals surface area (Å²) in [5.74, 6) is -0.0588. The number of nitrogens with zero attached hydrogens (tertiary/aromatic N) is 2. The third kappa shape index (κ3) is 6.15. The molecule has 1 N–H and O–H groups in total. The molecule has 0 saturated heterocycles. The van der Waals surface area contributed by atoms with Crippen LogP contribution in [0.1, 0.15) is 32.1 Å². The Balaban J connectivity index is 1.80. The maximum absolute atomic E-state index is 12.8. The van der Waals surface area contributed by atoms with Crippen LogP contribution >= 0.6 is 11.6 Å². The molecule has 0 aliphatic heterocycles. The van der Waals surface area contributed by atoms with E-state index >= 15 is 0 Å². The van der Waals surface area contributed by atoms with E-state index < -0.39 is 10.0 Å². The van der Waals surface area contributed by atoms with Crippen molar-refractivity contribution in [3.63, 3.8) is 0 Å². The molecule has 28 heavy (non-hydrogen) atoms. The normalized spacial score (nSPS) is 20.3. The number of benzene rings is 1. The van der Waals surface area contributed by atoms with Gasteiger partial charge in [0, 0.05) is 31.7 Å². The third-order valence-electron chi connectivity index (χ3n) is 5.18. The van der Waals surface area contributed by atoms with Crippen molar-refractivity contribution in [2.75, 3.05) is 33.9 Å². The Morgan fingerprint density at radius 2 is 1.79 bits per heavy atom. The topological polar surface area (TPSA) is 87.2 Å². The van der Waals surface area contributed by atoms with Crippen LogP contribution in [0.5, 0.6) is 0 Å². The van der Waals surface area contributed by atoms with Gasteiger partial charge in [0.1, 0.15) is 0 Å². The second-order valence-electron chi connectivity index (χ2n) is 7.07. The van der Waals surface area contributed by atoms with Crippen molar-refractivity contribution in [2.45, 2.75) is 49.1 Å². The molecule has 1 saturated carbocycles. The maximum atomic E-state index is 12.8. The lowest BCUT2D eigenvalue weighted by Gasteiger charge is -2.34. The average Bonchev–Trinajstić information content (AvgIpc) is 2.68. The number of ether oxygens (including phenoxy) is 1. The molecular formula is C19H29ClN2O5S. The van der Waals surface area contributed by atoms with Crippen LogP contribution in [-0.4, -0.2) is 74.6 Å². The molecule has 7 nitrogen and oxygen atoms in total. The number of hydrogen-bond donors (Lipinski definition) is 1. The minimum atomic E-state index is -3.55. The van der Waals surface area contributed by atoms with Crippen LogP contribution in [0, 0.1) is 0 Å². The second-order valence-corrected chi connectivity index (χ2v) is 9.50. The highest BCUT2D eigenvalue weighted by Crippen LogP contribution is 2.28. The molecule has 0 spiro atoms. The summed E-state index contributed by atoms with van der Waals surface area (Å²) in [6.45, 7) is 0.598. The fourth-order valence-electron chi connectivity index (χ4n) is 3.32. The molecule has 1 aromatic rings. The summed E-state index contributed by atoms with van der Waals surface area (Å²) < 4.78 is 32.8. The molecule has 0 bridgehead atoms. The molecule has 1 amide bonds.